The number of non-ortho nitro benzene ring substituents is 1. The van der Waals surface area contributed by atoms with Gasteiger partial charge in [-0.1, -0.05) is 17.8 Å². The summed E-state index contributed by atoms with van der Waals surface area (Å²) in [5, 5.41) is 20.0. The fourth-order valence-electron chi connectivity index (χ4n) is 1.95. The van der Waals surface area contributed by atoms with E-state index in [2.05, 4.69) is 21.7 Å². The molecule has 0 bridgehead atoms. The second-order valence-corrected chi connectivity index (χ2v) is 6.22. The quantitative estimate of drug-likeness (QED) is 0.320. The maximum atomic E-state index is 10.7. The molecule has 0 saturated heterocycles. The summed E-state index contributed by atoms with van der Waals surface area (Å²) in [7, 11) is 4.05. The van der Waals surface area contributed by atoms with Gasteiger partial charge >= 0.3 is 0 Å². The molecule has 0 spiro atoms. The summed E-state index contributed by atoms with van der Waals surface area (Å²) in [4.78, 5) is 12.4. The number of thioether (sulfide) groups is 1. The maximum Gasteiger partial charge on any atom is 0.269 e. The van der Waals surface area contributed by atoms with Gasteiger partial charge in [-0.05, 0) is 26.2 Å². The van der Waals surface area contributed by atoms with Gasteiger partial charge in [0.1, 0.15) is 0 Å². The van der Waals surface area contributed by atoms with Gasteiger partial charge in [-0.15, -0.1) is 16.8 Å². The molecule has 0 N–H and O–H groups in total. The Bertz CT molecular complexity index is 682. The lowest BCUT2D eigenvalue weighted by Gasteiger charge is -2.10. The van der Waals surface area contributed by atoms with E-state index in [1.807, 2.05) is 18.7 Å². The Morgan fingerprint density at radius 2 is 2.04 bits per heavy atom. The monoisotopic (exact) mass is 333 g/mol. The number of rotatable bonds is 8. The molecule has 0 atom stereocenters. The van der Waals surface area contributed by atoms with Crippen molar-refractivity contribution in [2.45, 2.75) is 11.7 Å². The summed E-state index contributed by atoms with van der Waals surface area (Å²) in [5.41, 5.74) is 0.855. The molecule has 1 aromatic carbocycles. The highest BCUT2D eigenvalue weighted by atomic mass is 32.2. The molecule has 2 rings (SSSR count). The summed E-state index contributed by atoms with van der Waals surface area (Å²) in [6, 6.07) is 6.33. The lowest BCUT2D eigenvalue weighted by atomic mass is 10.2. The van der Waals surface area contributed by atoms with Crippen LogP contribution >= 0.6 is 11.8 Å². The second-order valence-electron chi connectivity index (χ2n) is 5.16. The first-order valence-electron chi connectivity index (χ1n) is 7.09. The molecule has 0 aliphatic carbocycles. The Hall–Kier alpha value is -2.19. The van der Waals surface area contributed by atoms with Gasteiger partial charge in [0.25, 0.3) is 5.69 Å². The molecule has 0 aliphatic rings. The molecular formula is C15H19N5O2S. The van der Waals surface area contributed by atoms with Crippen molar-refractivity contribution in [2.75, 3.05) is 26.4 Å². The average Bonchev–Trinajstić information content (AvgIpc) is 2.90. The zero-order chi connectivity index (χ0) is 16.8. The van der Waals surface area contributed by atoms with E-state index in [1.165, 1.54) is 12.1 Å². The normalized spacial score (nSPS) is 10.9. The molecule has 0 fully saturated rings. The van der Waals surface area contributed by atoms with Crippen LogP contribution in [0.2, 0.25) is 0 Å². The Morgan fingerprint density at radius 3 is 2.61 bits per heavy atom. The molecule has 0 aliphatic heterocycles. The highest BCUT2D eigenvalue weighted by Gasteiger charge is 2.14. The van der Waals surface area contributed by atoms with Crippen LogP contribution in [0.3, 0.4) is 0 Å². The van der Waals surface area contributed by atoms with Crippen molar-refractivity contribution in [2.24, 2.45) is 0 Å². The van der Waals surface area contributed by atoms with E-state index in [1.54, 1.807) is 30.0 Å². The molecule has 0 unspecified atom stereocenters. The summed E-state index contributed by atoms with van der Waals surface area (Å²) in [6.45, 7) is 5.30. The van der Waals surface area contributed by atoms with Gasteiger partial charge in [0.15, 0.2) is 11.0 Å². The molecule has 122 valence electrons. The van der Waals surface area contributed by atoms with Crippen LogP contribution in [0.5, 0.6) is 0 Å². The molecule has 1 aromatic heterocycles. The molecule has 0 saturated carbocycles. The van der Waals surface area contributed by atoms with Gasteiger partial charge in [-0.25, -0.2) is 0 Å². The third-order valence-corrected chi connectivity index (χ3v) is 4.08. The lowest BCUT2D eigenvalue weighted by Crippen LogP contribution is -2.15. The van der Waals surface area contributed by atoms with Crippen LogP contribution in [0.25, 0.3) is 11.4 Å². The summed E-state index contributed by atoms with van der Waals surface area (Å²) in [6.07, 6.45) is 1.79. The number of hydrogen-bond donors (Lipinski definition) is 0. The number of allylic oxidation sites excluding steroid dienone is 1. The fraction of sp³-hybridized carbons (Fsp3) is 0.333. The third-order valence-electron chi connectivity index (χ3n) is 3.13. The van der Waals surface area contributed by atoms with Crippen molar-refractivity contribution in [3.63, 3.8) is 0 Å². The van der Waals surface area contributed by atoms with Crippen LogP contribution in [0, 0.1) is 10.1 Å². The van der Waals surface area contributed by atoms with Crippen molar-refractivity contribution in [1.82, 2.24) is 19.7 Å². The number of nitro benzene ring substituents is 1. The first-order valence-corrected chi connectivity index (χ1v) is 8.08. The largest absolute Gasteiger partial charge is 0.309 e. The minimum Gasteiger partial charge on any atom is -0.309 e. The van der Waals surface area contributed by atoms with E-state index >= 15 is 0 Å². The minimum atomic E-state index is -0.416. The Kier molecular flexibility index (Phi) is 5.89. The minimum absolute atomic E-state index is 0.0594. The van der Waals surface area contributed by atoms with Gasteiger partial charge in [-0.2, -0.15) is 0 Å². The van der Waals surface area contributed by atoms with Crippen LogP contribution < -0.4 is 0 Å². The van der Waals surface area contributed by atoms with Gasteiger partial charge in [0, 0.05) is 36.5 Å². The zero-order valence-corrected chi connectivity index (χ0v) is 14.0. The molecule has 8 heteroatoms. The number of aromatic nitrogens is 3. The van der Waals surface area contributed by atoms with E-state index in [-0.39, 0.29) is 5.69 Å². The van der Waals surface area contributed by atoms with E-state index in [4.69, 9.17) is 0 Å². The zero-order valence-electron chi connectivity index (χ0n) is 13.2. The first-order chi connectivity index (χ1) is 11.0. The fourth-order valence-corrected chi connectivity index (χ4v) is 3.01. The summed E-state index contributed by atoms with van der Waals surface area (Å²) in [5.74, 6) is 1.59. The van der Waals surface area contributed by atoms with Gasteiger partial charge in [0.05, 0.1) is 4.92 Å². The van der Waals surface area contributed by atoms with Crippen LogP contribution in [-0.2, 0) is 6.54 Å². The first kappa shape index (κ1) is 17.2. The van der Waals surface area contributed by atoms with Crippen LogP contribution in [0.15, 0.2) is 42.1 Å². The average molecular weight is 333 g/mol. The van der Waals surface area contributed by atoms with Crippen LogP contribution in [0.1, 0.15) is 0 Å². The molecule has 0 radical (unpaired) electrons. The van der Waals surface area contributed by atoms with Crippen molar-refractivity contribution in [3.8, 4) is 11.4 Å². The lowest BCUT2D eigenvalue weighted by molar-refractivity contribution is -0.384. The SMILES string of the molecule is C=CCn1c(SCCN(C)C)nnc1-c1ccc([N+](=O)[O-])cc1. The van der Waals surface area contributed by atoms with E-state index in [0.717, 1.165) is 23.0 Å². The summed E-state index contributed by atoms with van der Waals surface area (Å²) < 4.78 is 1.97. The van der Waals surface area contributed by atoms with Gasteiger partial charge < -0.3 is 4.90 Å². The van der Waals surface area contributed by atoms with Crippen molar-refractivity contribution in [3.05, 3.63) is 47.0 Å². The predicted octanol–water partition coefficient (Wildman–Crippen LogP) is 2.69. The number of benzene rings is 1. The molecular weight excluding hydrogens is 314 g/mol. The van der Waals surface area contributed by atoms with E-state index in [9.17, 15) is 10.1 Å². The highest BCUT2D eigenvalue weighted by Crippen LogP contribution is 2.25. The Morgan fingerprint density at radius 1 is 1.35 bits per heavy atom. The molecule has 7 nitrogen and oxygen atoms in total. The van der Waals surface area contributed by atoms with Crippen LogP contribution in [-0.4, -0.2) is 51.0 Å². The number of nitrogens with zero attached hydrogens (tertiary/aromatic N) is 5. The second kappa shape index (κ2) is 7.89. The summed E-state index contributed by atoms with van der Waals surface area (Å²) >= 11 is 1.63. The smallest absolute Gasteiger partial charge is 0.269 e. The van der Waals surface area contributed by atoms with Gasteiger partial charge in [0.2, 0.25) is 0 Å². The topological polar surface area (TPSA) is 77.1 Å². The highest BCUT2D eigenvalue weighted by molar-refractivity contribution is 7.99. The Balaban J connectivity index is 2.25. The standard InChI is InChI=1S/C15H19N5O2S/c1-4-9-19-14(12-5-7-13(8-6-12)20(21)22)16-17-15(19)23-11-10-18(2)3/h4-8H,1,9-11H2,2-3H3. The van der Waals surface area contributed by atoms with Crippen molar-refractivity contribution < 1.29 is 4.92 Å². The molecule has 1 heterocycles. The Labute approximate surface area is 139 Å². The van der Waals surface area contributed by atoms with E-state index in [0.29, 0.717) is 12.4 Å². The van der Waals surface area contributed by atoms with E-state index < -0.39 is 4.92 Å². The van der Waals surface area contributed by atoms with Crippen molar-refractivity contribution in [1.29, 1.82) is 0 Å². The van der Waals surface area contributed by atoms with Crippen molar-refractivity contribution >= 4 is 17.4 Å². The number of hydrogen-bond acceptors (Lipinski definition) is 6. The molecule has 23 heavy (non-hydrogen) atoms. The molecule has 2 aromatic rings. The third kappa shape index (κ3) is 4.40. The maximum absolute atomic E-state index is 10.7. The van der Waals surface area contributed by atoms with Gasteiger partial charge in [-0.3, -0.25) is 14.7 Å². The predicted molar refractivity (Wildman–Crippen MR) is 91.6 cm³/mol. The van der Waals surface area contributed by atoms with Crippen LogP contribution in [0.4, 0.5) is 5.69 Å². The number of nitro groups is 1. The molecule has 0 amide bonds.